The zero-order valence-corrected chi connectivity index (χ0v) is 34.3. The average molecular weight is 709 g/mol. The first-order chi connectivity index (χ1) is 24.5. The average Bonchev–Trinajstić information content (AvgIpc) is 3.12. The molecule has 0 saturated carbocycles. The Labute approximate surface area is 312 Å². The van der Waals surface area contributed by atoms with Gasteiger partial charge in [-0.2, -0.15) is 0 Å². The van der Waals surface area contributed by atoms with Gasteiger partial charge in [0, 0.05) is 19.4 Å². The molecule has 2 atom stereocenters. The van der Waals surface area contributed by atoms with E-state index in [1.165, 1.54) is 161 Å². The first-order valence-electron chi connectivity index (χ1n) is 22.4. The summed E-state index contributed by atoms with van der Waals surface area (Å²) < 4.78 is 11.4. The van der Waals surface area contributed by atoms with Crippen molar-refractivity contribution in [2.75, 3.05) is 19.8 Å². The van der Waals surface area contributed by atoms with Crippen LogP contribution in [0.3, 0.4) is 0 Å². The van der Waals surface area contributed by atoms with Crippen molar-refractivity contribution in [3.8, 4) is 0 Å². The van der Waals surface area contributed by atoms with E-state index in [1.54, 1.807) is 0 Å². The van der Waals surface area contributed by atoms with Crippen molar-refractivity contribution in [3.05, 3.63) is 0 Å². The Bertz CT molecular complexity index is 656. The molecule has 0 aliphatic rings. The quantitative estimate of drug-likeness (QED) is 0.0507. The summed E-state index contributed by atoms with van der Waals surface area (Å²) >= 11 is 0. The second-order valence-corrected chi connectivity index (χ2v) is 15.8. The van der Waals surface area contributed by atoms with E-state index in [0.717, 1.165) is 44.4 Å². The van der Waals surface area contributed by atoms with Gasteiger partial charge in [0.25, 0.3) is 0 Å². The fourth-order valence-electron chi connectivity index (χ4n) is 7.34. The molecule has 0 amide bonds. The minimum absolute atomic E-state index is 0.00313. The Kier molecular flexibility index (Phi) is 38.3. The van der Waals surface area contributed by atoms with Gasteiger partial charge in [-0.1, -0.05) is 182 Å². The highest BCUT2D eigenvalue weighted by molar-refractivity contribution is 5.69. The van der Waals surface area contributed by atoms with Gasteiger partial charge in [-0.25, -0.2) is 0 Å². The van der Waals surface area contributed by atoms with Crippen LogP contribution in [0.5, 0.6) is 0 Å². The van der Waals surface area contributed by atoms with Gasteiger partial charge in [0.1, 0.15) is 0 Å². The van der Waals surface area contributed by atoms with Crippen molar-refractivity contribution in [2.24, 2.45) is 17.8 Å². The van der Waals surface area contributed by atoms with Crippen molar-refractivity contribution in [2.45, 2.75) is 240 Å². The standard InChI is InChI=1S/C45H88O5/c1-5-9-13-21-34-42(29-11-7-3)39-49-44(47)36-25-19-15-17-23-31-41(33-27-28-38-46)32-24-18-16-20-26-37-45(48)50-40-43(30-12-8-4)35-22-14-10-6-2/h41-43,46H,5-40H2,1-4H3. The molecule has 0 bridgehead atoms. The lowest BCUT2D eigenvalue weighted by Crippen LogP contribution is -2.14. The topological polar surface area (TPSA) is 72.8 Å². The van der Waals surface area contributed by atoms with E-state index >= 15 is 0 Å². The molecule has 0 spiro atoms. The third-order valence-electron chi connectivity index (χ3n) is 10.8. The lowest BCUT2D eigenvalue weighted by atomic mass is 9.90. The summed E-state index contributed by atoms with van der Waals surface area (Å²) in [4.78, 5) is 24.8. The van der Waals surface area contributed by atoms with Crippen LogP contribution in [-0.2, 0) is 19.1 Å². The van der Waals surface area contributed by atoms with E-state index in [0.29, 0.717) is 44.5 Å². The fraction of sp³-hybridized carbons (Fsp3) is 0.956. The monoisotopic (exact) mass is 709 g/mol. The molecule has 0 aromatic heterocycles. The maximum Gasteiger partial charge on any atom is 0.305 e. The molecule has 2 unspecified atom stereocenters. The maximum atomic E-state index is 12.4. The molecular formula is C45H88O5. The highest BCUT2D eigenvalue weighted by Crippen LogP contribution is 2.25. The number of hydrogen-bond acceptors (Lipinski definition) is 5. The highest BCUT2D eigenvalue weighted by atomic mass is 16.5. The molecule has 298 valence electrons. The SMILES string of the molecule is CCCCCCC(CCCC)COC(=O)CCCCCCCC(CCCCO)CCCCCCCC(=O)OCC(CCCC)CCCCCC. The Morgan fingerprint density at radius 2 is 0.680 bits per heavy atom. The lowest BCUT2D eigenvalue weighted by Gasteiger charge is -2.17. The maximum absolute atomic E-state index is 12.4. The summed E-state index contributed by atoms with van der Waals surface area (Å²) in [6.07, 6.45) is 38.5. The summed E-state index contributed by atoms with van der Waals surface area (Å²) in [5, 5.41) is 9.28. The van der Waals surface area contributed by atoms with Gasteiger partial charge in [-0.15, -0.1) is 0 Å². The molecule has 0 aromatic carbocycles. The third kappa shape index (κ3) is 34.0. The molecule has 0 aliphatic carbocycles. The number of hydrogen-bond donors (Lipinski definition) is 1. The smallest absolute Gasteiger partial charge is 0.305 e. The number of carbonyl (C=O) groups is 2. The zero-order valence-electron chi connectivity index (χ0n) is 34.3. The largest absolute Gasteiger partial charge is 0.465 e. The number of aliphatic hydroxyl groups excluding tert-OH is 1. The minimum atomic E-state index is 0.00313. The Balaban J connectivity index is 4.08. The molecular weight excluding hydrogens is 620 g/mol. The molecule has 5 heteroatoms. The number of aliphatic hydroxyl groups is 1. The molecule has 50 heavy (non-hydrogen) atoms. The first kappa shape index (κ1) is 48.9. The van der Waals surface area contributed by atoms with Crippen molar-refractivity contribution in [1.29, 1.82) is 0 Å². The van der Waals surface area contributed by atoms with E-state index in [9.17, 15) is 14.7 Å². The zero-order chi connectivity index (χ0) is 36.8. The van der Waals surface area contributed by atoms with E-state index in [1.807, 2.05) is 0 Å². The Morgan fingerprint density at radius 3 is 1.06 bits per heavy atom. The normalized spacial score (nSPS) is 13.3. The predicted molar refractivity (Wildman–Crippen MR) is 215 cm³/mol. The molecule has 0 heterocycles. The number of unbranched alkanes of at least 4 members (excludes halogenated alkanes) is 17. The van der Waals surface area contributed by atoms with Crippen LogP contribution in [-0.4, -0.2) is 36.9 Å². The Morgan fingerprint density at radius 1 is 0.380 bits per heavy atom. The van der Waals surface area contributed by atoms with Crippen molar-refractivity contribution in [3.63, 3.8) is 0 Å². The molecule has 0 aliphatic heterocycles. The number of rotatable bonds is 40. The molecule has 0 radical (unpaired) electrons. The van der Waals surface area contributed by atoms with Crippen LogP contribution in [0.15, 0.2) is 0 Å². The first-order valence-corrected chi connectivity index (χ1v) is 22.4. The van der Waals surface area contributed by atoms with Crippen molar-refractivity contribution in [1.82, 2.24) is 0 Å². The van der Waals surface area contributed by atoms with E-state index < -0.39 is 0 Å². The summed E-state index contributed by atoms with van der Waals surface area (Å²) in [5.41, 5.74) is 0. The van der Waals surface area contributed by atoms with Crippen LogP contribution in [0, 0.1) is 17.8 Å². The van der Waals surface area contributed by atoms with Crippen LogP contribution in [0.4, 0.5) is 0 Å². The molecule has 0 aromatic rings. The van der Waals surface area contributed by atoms with Crippen LogP contribution < -0.4 is 0 Å². The summed E-state index contributed by atoms with van der Waals surface area (Å²) in [5.74, 6) is 1.85. The van der Waals surface area contributed by atoms with Gasteiger partial charge in [-0.05, 0) is 62.7 Å². The molecule has 1 N–H and O–H groups in total. The minimum Gasteiger partial charge on any atom is -0.465 e. The van der Waals surface area contributed by atoms with Gasteiger partial charge in [-0.3, -0.25) is 9.59 Å². The van der Waals surface area contributed by atoms with Crippen molar-refractivity contribution < 1.29 is 24.2 Å². The Hall–Kier alpha value is -1.10. The van der Waals surface area contributed by atoms with E-state index in [4.69, 9.17) is 9.47 Å². The van der Waals surface area contributed by atoms with Gasteiger partial charge in [0.15, 0.2) is 0 Å². The van der Waals surface area contributed by atoms with Crippen LogP contribution in [0.1, 0.15) is 240 Å². The number of carbonyl (C=O) groups excluding carboxylic acids is 2. The summed E-state index contributed by atoms with van der Waals surface area (Å²) in [6.45, 7) is 10.5. The third-order valence-corrected chi connectivity index (χ3v) is 10.8. The molecule has 0 fully saturated rings. The van der Waals surface area contributed by atoms with E-state index in [-0.39, 0.29) is 11.9 Å². The van der Waals surface area contributed by atoms with Crippen molar-refractivity contribution >= 4 is 11.9 Å². The number of ether oxygens (including phenoxy) is 2. The van der Waals surface area contributed by atoms with E-state index in [2.05, 4.69) is 27.7 Å². The van der Waals surface area contributed by atoms with Crippen LogP contribution in [0.2, 0.25) is 0 Å². The molecule has 5 nitrogen and oxygen atoms in total. The number of esters is 2. The summed E-state index contributed by atoms with van der Waals surface area (Å²) in [7, 11) is 0. The summed E-state index contributed by atoms with van der Waals surface area (Å²) in [6, 6.07) is 0. The molecule has 0 saturated heterocycles. The van der Waals surface area contributed by atoms with Gasteiger partial charge in [0.2, 0.25) is 0 Å². The van der Waals surface area contributed by atoms with Crippen LogP contribution in [0.25, 0.3) is 0 Å². The fourth-order valence-corrected chi connectivity index (χ4v) is 7.34. The van der Waals surface area contributed by atoms with Crippen LogP contribution >= 0.6 is 0 Å². The predicted octanol–water partition coefficient (Wildman–Crippen LogP) is 13.9. The second-order valence-electron chi connectivity index (χ2n) is 15.8. The second kappa shape index (κ2) is 39.1. The molecule has 0 rings (SSSR count). The van der Waals surface area contributed by atoms with Gasteiger partial charge in [0.05, 0.1) is 13.2 Å². The highest BCUT2D eigenvalue weighted by Gasteiger charge is 2.14. The van der Waals surface area contributed by atoms with Gasteiger partial charge >= 0.3 is 11.9 Å². The van der Waals surface area contributed by atoms with Gasteiger partial charge < -0.3 is 14.6 Å². The lowest BCUT2D eigenvalue weighted by molar-refractivity contribution is -0.146.